The number of carbonyl (C=O) groups excluding carboxylic acids is 3. The summed E-state index contributed by atoms with van der Waals surface area (Å²) < 4.78 is 0. The van der Waals surface area contributed by atoms with Crippen LogP contribution >= 0.6 is 0 Å². The number of carboxylic acid groups (broad SMARTS) is 1. The van der Waals surface area contributed by atoms with Crippen molar-refractivity contribution in [1.82, 2.24) is 15.3 Å². The quantitative estimate of drug-likeness (QED) is 0.791. The van der Waals surface area contributed by atoms with E-state index in [9.17, 15) is 24.3 Å². The first-order chi connectivity index (χ1) is 13.0. The Labute approximate surface area is 157 Å². The van der Waals surface area contributed by atoms with E-state index in [1.807, 2.05) is 30.3 Å². The predicted octanol–water partition coefficient (Wildman–Crippen LogP) is 0.717. The van der Waals surface area contributed by atoms with Gasteiger partial charge in [0.05, 0.1) is 0 Å². The fourth-order valence-electron chi connectivity index (χ4n) is 3.56. The Hall–Kier alpha value is -2.90. The Bertz CT molecular complexity index is 736. The molecule has 0 radical (unpaired) electrons. The van der Waals surface area contributed by atoms with E-state index < -0.39 is 24.0 Å². The molecule has 3 amide bonds. The number of carboxylic acids is 1. The highest BCUT2D eigenvalue weighted by molar-refractivity contribution is 5.94. The van der Waals surface area contributed by atoms with Crippen molar-refractivity contribution in [3.8, 4) is 0 Å². The maximum Gasteiger partial charge on any atom is 0.328 e. The van der Waals surface area contributed by atoms with Gasteiger partial charge in [0, 0.05) is 19.4 Å². The fraction of sp³-hybridized carbons (Fsp3) is 0.474. The molecular formula is C19H23N3O5. The number of hydrogen-bond acceptors (Lipinski definition) is 4. The van der Waals surface area contributed by atoms with E-state index in [1.54, 1.807) is 0 Å². The molecule has 2 heterocycles. The standard InChI is InChI=1S/C19H23N3O5/c23-16(10-8-13-5-2-1-3-6-13)20-14-9-11-17(24)21-12-4-7-15(19(26)27)22(21)18(14)25/h1-3,5-6,14-15H,4,7-12H2,(H,20,23)(H,26,27)/t14-,15-/m0/s1. The summed E-state index contributed by atoms with van der Waals surface area (Å²) in [6.07, 6.45) is 1.85. The van der Waals surface area contributed by atoms with E-state index in [1.165, 1.54) is 5.01 Å². The molecule has 0 bridgehead atoms. The van der Waals surface area contributed by atoms with Crippen LogP contribution in [0, 0.1) is 0 Å². The molecule has 2 saturated heterocycles. The van der Waals surface area contributed by atoms with Gasteiger partial charge in [-0.2, -0.15) is 0 Å². The first-order valence-corrected chi connectivity index (χ1v) is 9.17. The van der Waals surface area contributed by atoms with Crippen LogP contribution in [0.25, 0.3) is 0 Å². The number of hydrogen-bond donors (Lipinski definition) is 2. The molecule has 0 unspecified atom stereocenters. The van der Waals surface area contributed by atoms with Gasteiger partial charge in [-0.15, -0.1) is 0 Å². The lowest BCUT2D eigenvalue weighted by Crippen LogP contribution is -2.62. The van der Waals surface area contributed by atoms with Gasteiger partial charge in [0.2, 0.25) is 11.8 Å². The van der Waals surface area contributed by atoms with Crippen LogP contribution in [0.4, 0.5) is 0 Å². The summed E-state index contributed by atoms with van der Waals surface area (Å²) in [5, 5.41) is 14.4. The van der Waals surface area contributed by atoms with Crippen molar-refractivity contribution < 1.29 is 24.3 Å². The van der Waals surface area contributed by atoms with E-state index >= 15 is 0 Å². The number of nitrogens with one attached hydrogen (secondary N) is 1. The first-order valence-electron chi connectivity index (χ1n) is 9.17. The normalized spacial score (nSPS) is 22.8. The number of carbonyl (C=O) groups is 4. The van der Waals surface area contributed by atoms with Crippen molar-refractivity contribution in [3.05, 3.63) is 35.9 Å². The summed E-state index contributed by atoms with van der Waals surface area (Å²) in [4.78, 5) is 49.1. The molecule has 2 N–H and O–H groups in total. The van der Waals surface area contributed by atoms with Crippen molar-refractivity contribution in [2.75, 3.05) is 6.54 Å². The monoisotopic (exact) mass is 373 g/mol. The number of rotatable bonds is 5. The van der Waals surface area contributed by atoms with Crippen molar-refractivity contribution in [1.29, 1.82) is 0 Å². The summed E-state index contributed by atoms with van der Waals surface area (Å²) in [5.74, 6) is -2.24. The lowest BCUT2D eigenvalue weighted by Gasteiger charge is -2.41. The van der Waals surface area contributed by atoms with Gasteiger partial charge in [-0.3, -0.25) is 19.4 Å². The number of amides is 3. The van der Waals surface area contributed by atoms with E-state index in [0.717, 1.165) is 10.6 Å². The van der Waals surface area contributed by atoms with Gasteiger partial charge in [0.1, 0.15) is 6.04 Å². The molecule has 2 atom stereocenters. The predicted molar refractivity (Wildman–Crippen MR) is 95.1 cm³/mol. The van der Waals surface area contributed by atoms with Gasteiger partial charge in [-0.05, 0) is 31.2 Å². The van der Waals surface area contributed by atoms with Crippen LogP contribution in [0.3, 0.4) is 0 Å². The summed E-state index contributed by atoms with van der Waals surface area (Å²) in [6, 6.07) is 7.57. The molecule has 0 aliphatic carbocycles. The van der Waals surface area contributed by atoms with E-state index in [-0.39, 0.29) is 31.1 Å². The Kier molecular flexibility index (Phi) is 5.73. The van der Waals surface area contributed by atoms with E-state index in [2.05, 4.69) is 5.32 Å². The number of aliphatic carboxylic acids is 1. The second-order valence-electron chi connectivity index (χ2n) is 6.84. The number of aryl methyl sites for hydroxylation is 1. The minimum absolute atomic E-state index is 0.0954. The molecule has 8 heteroatoms. The summed E-state index contributed by atoms with van der Waals surface area (Å²) >= 11 is 0. The van der Waals surface area contributed by atoms with Crippen LogP contribution in [0.2, 0.25) is 0 Å². The highest BCUT2D eigenvalue weighted by Crippen LogP contribution is 2.25. The number of fused-ring (bicyclic) bond motifs is 1. The van der Waals surface area contributed by atoms with Crippen molar-refractivity contribution in [3.63, 3.8) is 0 Å². The van der Waals surface area contributed by atoms with Gasteiger partial charge < -0.3 is 10.4 Å². The SMILES string of the molecule is O=C(CCc1ccccc1)N[C@H]1CCC(=O)N2CCC[C@@H](C(=O)O)N2C1=O. The van der Waals surface area contributed by atoms with E-state index in [0.29, 0.717) is 25.8 Å². The van der Waals surface area contributed by atoms with Gasteiger partial charge in [0.15, 0.2) is 6.04 Å². The van der Waals surface area contributed by atoms with Gasteiger partial charge in [-0.25, -0.2) is 9.80 Å². The summed E-state index contributed by atoms with van der Waals surface area (Å²) in [5.41, 5.74) is 1.02. The Morgan fingerprint density at radius 1 is 1.15 bits per heavy atom. The topological polar surface area (TPSA) is 107 Å². The first kappa shape index (κ1) is 18.9. The molecule has 27 heavy (non-hydrogen) atoms. The number of nitrogens with zero attached hydrogens (tertiary/aromatic N) is 2. The third-order valence-corrected chi connectivity index (χ3v) is 4.97. The zero-order chi connectivity index (χ0) is 19.4. The number of hydrazine groups is 1. The Morgan fingerprint density at radius 2 is 1.89 bits per heavy atom. The van der Waals surface area contributed by atoms with Crippen LogP contribution in [-0.4, -0.2) is 57.4 Å². The molecule has 2 fully saturated rings. The average molecular weight is 373 g/mol. The summed E-state index contributed by atoms with van der Waals surface area (Å²) in [6.45, 7) is 0.322. The summed E-state index contributed by atoms with van der Waals surface area (Å²) in [7, 11) is 0. The minimum Gasteiger partial charge on any atom is -0.480 e. The van der Waals surface area contributed by atoms with Crippen molar-refractivity contribution in [2.45, 2.75) is 50.6 Å². The molecule has 1 aromatic carbocycles. The fourth-order valence-corrected chi connectivity index (χ4v) is 3.56. The molecule has 144 valence electrons. The van der Waals surface area contributed by atoms with Crippen LogP contribution in [0.1, 0.15) is 37.7 Å². The zero-order valence-corrected chi connectivity index (χ0v) is 15.0. The number of benzene rings is 1. The third kappa shape index (κ3) is 4.27. The van der Waals surface area contributed by atoms with E-state index in [4.69, 9.17) is 0 Å². The molecular weight excluding hydrogens is 350 g/mol. The van der Waals surface area contributed by atoms with Gasteiger partial charge in [-0.1, -0.05) is 30.3 Å². The zero-order valence-electron chi connectivity index (χ0n) is 15.0. The largest absolute Gasteiger partial charge is 0.480 e. The van der Waals surface area contributed by atoms with Crippen molar-refractivity contribution in [2.24, 2.45) is 0 Å². The minimum atomic E-state index is -1.14. The molecule has 8 nitrogen and oxygen atoms in total. The highest BCUT2D eigenvalue weighted by Gasteiger charge is 2.44. The van der Waals surface area contributed by atoms with Gasteiger partial charge in [0.25, 0.3) is 5.91 Å². The van der Waals surface area contributed by atoms with Crippen LogP contribution < -0.4 is 5.32 Å². The lowest BCUT2D eigenvalue weighted by atomic mass is 10.1. The molecule has 0 spiro atoms. The Morgan fingerprint density at radius 3 is 2.59 bits per heavy atom. The second-order valence-corrected chi connectivity index (χ2v) is 6.84. The average Bonchev–Trinajstić information content (AvgIpc) is 2.79. The van der Waals surface area contributed by atoms with Gasteiger partial charge >= 0.3 is 5.97 Å². The molecule has 3 rings (SSSR count). The maximum absolute atomic E-state index is 12.9. The van der Waals surface area contributed by atoms with Crippen LogP contribution in [0.15, 0.2) is 30.3 Å². The third-order valence-electron chi connectivity index (χ3n) is 4.97. The smallest absolute Gasteiger partial charge is 0.328 e. The Balaban J connectivity index is 1.68. The maximum atomic E-state index is 12.9. The van der Waals surface area contributed by atoms with Crippen molar-refractivity contribution >= 4 is 23.7 Å². The van der Waals surface area contributed by atoms with Crippen LogP contribution in [-0.2, 0) is 25.6 Å². The molecule has 0 aromatic heterocycles. The van der Waals surface area contributed by atoms with Crippen LogP contribution in [0.5, 0.6) is 0 Å². The molecule has 1 aromatic rings. The molecule has 2 aliphatic rings. The lowest BCUT2D eigenvalue weighted by molar-refractivity contribution is -0.180. The second kappa shape index (κ2) is 8.20. The molecule has 2 aliphatic heterocycles. The highest BCUT2D eigenvalue weighted by atomic mass is 16.4. The molecule has 0 saturated carbocycles.